The molecular weight excluding hydrogens is 428 g/mol. The predicted molar refractivity (Wildman–Crippen MR) is 140 cm³/mol. The zero-order valence-electron chi connectivity index (χ0n) is 19.7. The Bertz CT molecular complexity index is 973. The minimum atomic E-state index is 0.461. The third-order valence-electron chi connectivity index (χ3n) is 7.30. The number of aromatic nitrogens is 2. The zero-order chi connectivity index (χ0) is 22.6. The first-order valence-electron chi connectivity index (χ1n) is 12.7. The molecule has 6 nitrogen and oxygen atoms in total. The lowest BCUT2D eigenvalue weighted by atomic mass is 9.96. The van der Waals surface area contributed by atoms with Gasteiger partial charge in [-0.25, -0.2) is 0 Å². The largest absolute Gasteiger partial charge is 0.360 e. The van der Waals surface area contributed by atoms with Crippen molar-refractivity contribution in [2.24, 2.45) is 5.92 Å². The SMILES string of the molecule is CC1CCCN(c2cc(N3CCc4ccccc4C3)nc(NC(=S)NC3CCCCC3)n2)C1. The van der Waals surface area contributed by atoms with Gasteiger partial charge < -0.3 is 20.4 Å². The fourth-order valence-corrected chi connectivity index (χ4v) is 5.72. The summed E-state index contributed by atoms with van der Waals surface area (Å²) in [5, 5.41) is 7.46. The van der Waals surface area contributed by atoms with Gasteiger partial charge in [-0.05, 0) is 61.4 Å². The highest BCUT2D eigenvalue weighted by Crippen LogP contribution is 2.29. The van der Waals surface area contributed by atoms with E-state index in [1.807, 2.05) is 0 Å². The molecule has 2 fully saturated rings. The van der Waals surface area contributed by atoms with Crippen LogP contribution in [-0.4, -0.2) is 40.8 Å². The molecule has 0 spiro atoms. The highest BCUT2D eigenvalue weighted by atomic mass is 32.1. The molecule has 1 aliphatic carbocycles. The van der Waals surface area contributed by atoms with Gasteiger partial charge in [0.25, 0.3) is 0 Å². The summed E-state index contributed by atoms with van der Waals surface area (Å²) in [4.78, 5) is 14.6. The first kappa shape index (κ1) is 22.4. The molecule has 1 unspecified atom stereocenters. The van der Waals surface area contributed by atoms with E-state index >= 15 is 0 Å². The van der Waals surface area contributed by atoms with Gasteiger partial charge in [0.1, 0.15) is 11.6 Å². The fraction of sp³-hybridized carbons (Fsp3) is 0.577. The smallest absolute Gasteiger partial charge is 0.232 e. The Kier molecular flexibility index (Phi) is 6.95. The van der Waals surface area contributed by atoms with E-state index in [1.165, 1.54) is 56.1 Å². The summed E-state index contributed by atoms with van der Waals surface area (Å²) in [6.07, 6.45) is 9.81. The van der Waals surface area contributed by atoms with Crippen LogP contribution in [-0.2, 0) is 13.0 Å². The van der Waals surface area contributed by atoms with Gasteiger partial charge >= 0.3 is 0 Å². The van der Waals surface area contributed by atoms with E-state index < -0.39 is 0 Å². The molecule has 0 radical (unpaired) electrons. The minimum Gasteiger partial charge on any atom is -0.360 e. The number of nitrogens with one attached hydrogen (secondary N) is 2. The van der Waals surface area contributed by atoms with Crippen molar-refractivity contribution in [3.63, 3.8) is 0 Å². The second kappa shape index (κ2) is 10.2. The maximum Gasteiger partial charge on any atom is 0.232 e. The monoisotopic (exact) mass is 464 g/mol. The van der Waals surface area contributed by atoms with Crippen LogP contribution in [0.15, 0.2) is 30.3 Å². The number of thiocarbonyl (C=S) groups is 1. The number of rotatable bonds is 4. The summed E-state index contributed by atoms with van der Waals surface area (Å²) in [6.45, 7) is 6.27. The average Bonchev–Trinajstić information content (AvgIpc) is 2.84. The Balaban J connectivity index is 1.38. The highest BCUT2D eigenvalue weighted by Gasteiger charge is 2.23. The van der Waals surface area contributed by atoms with Crippen LogP contribution >= 0.6 is 12.2 Å². The van der Waals surface area contributed by atoms with Crippen LogP contribution in [0, 0.1) is 5.92 Å². The molecular formula is C26H36N6S. The molecule has 2 N–H and O–H groups in total. The molecule has 7 heteroatoms. The van der Waals surface area contributed by atoms with Crippen LogP contribution in [0.25, 0.3) is 0 Å². The van der Waals surface area contributed by atoms with Crippen molar-refractivity contribution in [2.75, 3.05) is 34.8 Å². The summed E-state index contributed by atoms with van der Waals surface area (Å²) >= 11 is 5.66. The Morgan fingerprint density at radius 1 is 0.939 bits per heavy atom. The van der Waals surface area contributed by atoms with Crippen molar-refractivity contribution in [2.45, 2.75) is 70.9 Å². The summed E-state index contributed by atoms with van der Waals surface area (Å²) in [5.74, 6) is 3.28. The van der Waals surface area contributed by atoms with Crippen LogP contribution in [0.2, 0.25) is 0 Å². The molecule has 2 aromatic rings. The molecule has 5 rings (SSSR count). The first-order valence-corrected chi connectivity index (χ1v) is 13.1. The zero-order valence-corrected chi connectivity index (χ0v) is 20.5. The average molecular weight is 465 g/mol. The molecule has 0 bridgehead atoms. The van der Waals surface area contributed by atoms with Gasteiger partial charge in [-0.15, -0.1) is 0 Å². The van der Waals surface area contributed by atoms with E-state index in [1.54, 1.807) is 0 Å². The minimum absolute atomic E-state index is 0.461. The third kappa shape index (κ3) is 5.57. The van der Waals surface area contributed by atoms with Crippen LogP contribution in [0.1, 0.15) is 63.0 Å². The lowest BCUT2D eigenvalue weighted by Crippen LogP contribution is -2.39. The Morgan fingerprint density at radius 3 is 2.48 bits per heavy atom. The summed E-state index contributed by atoms with van der Waals surface area (Å²) in [7, 11) is 0. The molecule has 1 atom stereocenters. The molecule has 2 aliphatic heterocycles. The van der Waals surface area contributed by atoms with Crippen molar-refractivity contribution in [3.8, 4) is 0 Å². The second-order valence-electron chi connectivity index (χ2n) is 9.98. The molecule has 1 aromatic carbocycles. The van der Waals surface area contributed by atoms with Crippen molar-refractivity contribution >= 4 is 34.9 Å². The van der Waals surface area contributed by atoms with E-state index in [0.29, 0.717) is 23.0 Å². The number of hydrogen-bond donors (Lipinski definition) is 2. The third-order valence-corrected chi connectivity index (χ3v) is 7.52. The number of piperidine rings is 1. The van der Waals surface area contributed by atoms with Gasteiger partial charge in [0.05, 0.1) is 0 Å². The van der Waals surface area contributed by atoms with Crippen molar-refractivity contribution in [1.29, 1.82) is 0 Å². The maximum atomic E-state index is 5.66. The number of hydrogen-bond acceptors (Lipinski definition) is 5. The second-order valence-corrected chi connectivity index (χ2v) is 10.4. The van der Waals surface area contributed by atoms with Gasteiger partial charge in [-0.2, -0.15) is 9.97 Å². The van der Waals surface area contributed by atoms with Crippen molar-refractivity contribution in [1.82, 2.24) is 15.3 Å². The number of benzene rings is 1. The van der Waals surface area contributed by atoms with E-state index in [0.717, 1.165) is 44.2 Å². The maximum absolute atomic E-state index is 5.66. The van der Waals surface area contributed by atoms with Crippen molar-refractivity contribution in [3.05, 3.63) is 41.5 Å². The molecule has 1 aromatic heterocycles. The molecule has 3 heterocycles. The van der Waals surface area contributed by atoms with Crippen LogP contribution < -0.4 is 20.4 Å². The fourth-order valence-electron chi connectivity index (χ4n) is 5.46. The molecule has 3 aliphatic rings. The van der Waals surface area contributed by atoms with Gasteiger partial charge in [-0.3, -0.25) is 0 Å². The quantitative estimate of drug-likeness (QED) is 0.625. The van der Waals surface area contributed by atoms with Gasteiger partial charge in [-0.1, -0.05) is 50.5 Å². The summed E-state index contributed by atoms with van der Waals surface area (Å²) in [6, 6.07) is 11.4. The highest BCUT2D eigenvalue weighted by molar-refractivity contribution is 7.80. The lowest BCUT2D eigenvalue weighted by molar-refractivity contribution is 0.414. The van der Waals surface area contributed by atoms with Crippen LogP contribution in [0.4, 0.5) is 17.6 Å². The van der Waals surface area contributed by atoms with Gasteiger partial charge in [0, 0.05) is 38.3 Å². The summed E-state index contributed by atoms with van der Waals surface area (Å²) in [5.41, 5.74) is 2.84. The van der Waals surface area contributed by atoms with Crippen LogP contribution in [0.5, 0.6) is 0 Å². The van der Waals surface area contributed by atoms with E-state index in [9.17, 15) is 0 Å². The summed E-state index contributed by atoms with van der Waals surface area (Å²) < 4.78 is 0. The van der Waals surface area contributed by atoms with Crippen LogP contribution in [0.3, 0.4) is 0 Å². The van der Waals surface area contributed by atoms with Crippen molar-refractivity contribution < 1.29 is 0 Å². The van der Waals surface area contributed by atoms with Gasteiger partial charge in [0.15, 0.2) is 5.11 Å². The Morgan fingerprint density at radius 2 is 1.70 bits per heavy atom. The number of anilines is 3. The molecule has 176 valence electrons. The van der Waals surface area contributed by atoms with E-state index in [-0.39, 0.29) is 0 Å². The predicted octanol–water partition coefficient (Wildman–Crippen LogP) is 4.89. The molecule has 0 amide bonds. The van der Waals surface area contributed by atoms with E-state index in [2.05, 4.69) is 57.7 Å². The first-order chi connectivity index (χ1) is 16.1. The lowest BCUT2D eigenvalue weighted by Gasteiger charge is -2.34. The topological polar surface area (TPSA) is 56.3 Å². The molecule has 1 saturated heterocycles. The molecule has 1 saturated carbocycles. The normalized spacial score (nSPS) is 21.4. The standard InChI is InChI=1S/C26H36N6S/c1-19-8-7-14-31(17-19)23-16-24(32-15-13-20-9-5-6-10-21(20)18-32)29-25(28-23)30-26(33)27-22-11-3-2-4-12-22/h5-6,9-10,16,19,22H,2-4,7-8,11-15,17-18H2,1H3,(H2,27,28,29,30,33). The van der Waals surface area contributed by atoms with E-state index in [4.69, 9.17) is 22.2 Å². The Hall–Kier alpha value is -2.41. The van der Waals surface area contributed by atoms with Gasteiger partial charge in [0.2, 0.25) is 5.95 Å². The number of nitrogens with zero attached hydrogens (tertiary/aromatic N) is 4. The molecule has 33 heavy (non-hydrogen) atoms. The Labute approximate surface area is 203 Å². The number of fused-ring (bicyclic) bond motifs is 1.